The van der Waals surface area contributed by atoms with Crippen LogP contribution in [-0.2, 0) is 13.6 Å². The lowest BCUT2D eigenvalue weighted by atomic mass is 10.1. The highest BCUT2D eigenvalue weighted by Gasteiger charge is 2.09. The van der Waals surface area contributed by atoms with Crippen molar-refractivity contribution in [3.63, 3.8) is 0 Å². The van der Waals surface area contributed by atoms with Crippen LogP contribution in [0.25, 0.3) is 0 Å². The molecule has 2 aromatic rings. The lowest BCUT2D eigenvalue weighted by Crippen LogP contribution is -2.16. The largest absolute Gasteiger partial charge is 0.508 e. The fraction of sp³-hybridized carbons (Fsp3) is 0.357. The third-order valence-electron chi connectivity index (χ3n) is 3.12. The van der Waals surface area contributed by atoms with Gasteiger partial charge in [0, 0.05) is 55.8 Å². The molecule has 0 saturated heterocycles. The van der Waals surface area contributed by atoms with Gasteiger partial charge in [-0.25, -0.2) is 0 Å². The van der Waals surface area contributed by atoms with Gasteiger partial charge in [-0.3, -0.25) is 4.68 Å². The molecule has 0 fully saturated rings. The molecular weight excluding hydrogens is 240 g/mol. The standard InChI is InChI=1S/C14H20N4O/c1-10(15)13-5-4-12(6-14(13)19)17(2)8-11-7-16-18(3)9-11/h4-7,9-10,19H,8,15H2,1-3H3. The molecule has 102 valence electrons. The van der Waals surface area contributed by atoms with Crippen LogP contribution in [0.2, 0.25) is 0 Å². The first-order valence-electron chi connectivity index (χ1n) is 6.24. The highest BCUT2D eigenvalue weighted by atomic mass is 16.3. The molecule has 5 heteroatoms. The monoisotopic (exact) mass is 260 g/mol. The number of nitrogens with two attached hydrogens (primary N) is 1. The Morgan fingerprint density at radius 1 is 1.47 bits per heavy atom. The second kappa shape index (κ2) is 5.32. The molecule has 2 rings (SSSR count). The van der Waals surface area contributed by atoms with Crippen LogP contribution in [0.4, 0.5) is 5.69 Å². The predicted molar refractivity (Wildman–Crippen MR) is 76.0 cm³/mol. The van der Waals surface area contributed by atoms with Crippen molar-refractivity contribution in [3.05, 3.63) is 41.7 Å². The van der Waals surface area contributed by atoms with Gasteiger partial charge in [0.2, 0.25) is 0 Å². The van der Waals surface area contributed by atoms with E-state index in [0.717, 1.165) is 23.4 Å². The minimum atomic E-state index is -0.169. The van der Waals surface area contributed by atoms with E-state index in [4.69, 9.17) is 5.73 Å². The van der Waals surface area contributed by atoms with Gasteiger partial charge in [-0.05, 0) is 13.0 Å². The van der Waals surface area contributed by atoms with Crippen LogP contribution in [0, 0.1) is 0 Å². The molecule has 1 aromatic heterocycles. The number of aryl methyl sites for hydroxylation is 1. The van der Waals surface area contributed by atoms with Gasteiger partial charge in [-0.2, -0.15) is 5.10 Å². The highest BCUT2D eigenvalue weighted by Crippen LogP contribution is 2.28. The normalized spacial score (nSPS) is 12.4. The summed E-state index contributed by atoms with van der Waals surface area (Å²) >= 11 is 0. The first-order chi connectivity index (χ1) is 8.97. The van der Waals surface area contributed by atoms with Crippen molar-refractivity contribution in [2.45, 2.75) is 19.5 Å². The second-order valence-corrected chi connectivity index (χ2v) is 4.91. The van der Waals surface area contributed by atoms with Crippen LogP contribution in [0.15, 0.2) is 30.6 Å². The SMILES string of the molecule is CC(N)c1ccc(N(C)Cc2cnn(C)c2)cc1O. The summed E-state index contributed by atoms with van der Waals surface area (Å²) in [6.45, 7) is 2.60. The number of hydrogen-bond acceptors (Lipinski definition) is 4. The minimum Gasteiger partial charge on any atom is -0.508 e. The Bertz CT molecular complexity index is 562. The van der Waals surface area contributed by atoms with Crippen molar-refractivity contribution in [1.82, 2.24) is 9.78 Å². The molecule has 5 nitrogen and oxygen atoms in total. The molecule has 1 unspecified atom stereocenters. The van der Waals surface area contributed by atoms with Crippen molar-refractivity contribution in [3.8, 4) is 5.75 Å². The van der Waals surface area contributed by atoms with Gasteiger partial charge in [-0.1, -0.05) is 6.07 Å². The maximum absolute atomic E-state index is 9.96. The van der Waals surface area contributed by atoms with Crippen molar-refractivity contribution < 1.29 is 5.11 Å². The van der Waals surface area contributed by atoms with Crippen molar-refractivity contribution in [1.29, 1.82) is 0 Å². The molecular formula is C14H20N4O. The Balaban J connectivity index is 2.15. The molecule has 1 atom stereocenters. The topological polar surface area (TPSA) is 67.3 Å². The summed E-state index contributed by atoms with van der Waals surface area (Å²) in [6.07, 6.45) is 3.82. The molecule has 1 aromatic carbocycles. The second-order valence-electron chi connectivity index (χ2n) is 4.91. The maximum Gasteiger partial charge on any atom is 0.122 e. The molecule has 0 radical (unpaired) electrons. The number of hydrogen-bond donors (Lipinski definition) is 2. The van der Waals surface area contributed by atoms with E-state index in [1.165, 1.54) is 0 Å². The maximum atomic E-state index is 9.96. The Labute approximate surface area is 113 Å². The number of rotatable bonds is 4. The van der Waals surface area contributed by atoms with Gasteiger partial charge in [0.05, 0.1) is 6.20 Å². The summed E-state index contributed by atoms with van der Waals surface area (Å²) in [5, 5.41) is 14.1. The molecule has 0 spiro atoms. The molecule has 3 N–H and O–H groups in total. The van der Waals surface area contributed by atoms with E-state index in [9.17, 15) is 5.11 Å². The summed E-state index contributed by atoms with van der Waals surface area (Å²) in [5.41, 5.74) is 8.62. The molecule has 0 aliphatic carbocycles. The van der Waals surface area contributed by atoms with Crippen molar-refractivity contribution in [2.75, 3.05) is 11.9 Å². The number of phenols is 1. The fourth-order valence-corrected chi connectivity index (χ4v) is 2.07. The number of phenolic OH excluding ortho intramolecular Hbond substituents is 1. The van der Waals surface area contributed by atoms with Crippen molar-refractivity contribution >= 4 is 5.69 Å². The average Bonchev–Trinajstić information content (AvgIpc) is 2.74. The summed E-state index contributed by atoms with van der Waals surface area (Å²) in [5.74, 6) is 0.241. The van der Waals surface area contributed by atoms with Crippen LogP contribution in [0.5, 0.6) is 5.75 Å². The third kappa shape index (κ3) is 3.06. The Hall–Kier alpha value is -2.01. The van der Waals surface area contributed by atoms with E-state index in [2.05, 4.69) is 10.00 Å². The summed E-state index contributed by atoms with van der Waals surface area (Å²) in [7, 11) is 3.88. The van der Waals surface area contributed by atoms with E-state index in [1.807, 2.05) is 45.5 Å². The summed E-state index contributed by atoms with van der Waals surface area (Å²) in [4.78, 5) is 2.06. The van der Waals surface area contributed by atoms with Gasteiger partial charge in [-0.15, -0.1) is 0 Å². The van der Waals surface area contributed by atoms with Gasteiger partial charge in [0.1, 0.15) is 5.75 Å². The van der Waals surface area contributed by atoms with Crippen LogP contribution >= 0.6 is 0 Å². The number of aromatic nitrogens is 2. The molecule has 0 amide bonds. The van der Waals surface area contributed by atoms with E-state index in [0.29, 0.717) is 0 Å². The van der Waals surface area contributed by atoms with Crippen LogP contribution in [0.3, 0.4) is 0 Å². The lowest BCUT2D eigenvalue weighted by molar-refractivity contribution is 0.464. The highest BCUT2D eigenvalue weighted by molar-refractivity contribution is 5.53. The Morgan fingerprint density at radius 3 is 2.74 bits per heavy atom. The Morgan fingerprint density at radius 2 is 2.21 bits per heavy atom. The van der Waals surface area contributed by atoms with E-state index < -0.39 is 0 Å². The number of aromatic hydroxyl groups is 1. The first-order valence-corrected chi connectivity index (χ1v) is 6.24. The van der Waals surface area contributed by atoms with E-state index in [-0.39, 0.29) is 11.8 Å². The van der Waals surface area contributed by atoms with Gasteiger partial charge in [0.25, 0.3) is 0 Å². The molecule has 0 saturated carbocycles. The fourth-order valence-electron chi connectivity index (χ4n) is 2.07. The van der Waals surface area contributed by atoms with Crippen LogP contribution in [-0.4, -0.2) is 21.9 Å². The minimum absolute atomic E-state index is 0.169. The van der Waals surface area contributed by atoms with Crippen LogP contribution in [0.1, 0.15) is 24.1 Å². The molecule has 1 heterocycles. The van der Waals surface area contributed by atoms with Crippen LogP contribution < -0.4 is 10.6 Å². The predicted octanol–water partition coefficient (Wildman–Crippen LogP) is 1.78. The third-order valence-corrected chi connectivity index (χ3v) is 3.12. The van der Waals surface area contributed by atoms with Gasteiger partial charge in [0.15, 0.2) is 0 Å². The molecule has 0 bridgehead atoms. The summed E-state index contributed by atoms with van der Waals surface area (Å²) in [6, 6.07) is 5.41. The molecule has 0 aliphatic rings. The molecule has 0 aliphatic heterocycles. The quantitative estimate of drug-likeness (QED) is 0.879. The number of benzene rings is 1. The smallest absolute Gasteiger partial charge is 0.122 e. The Kier molecular flexibility index (Phi) is 3.76. The van der Waals surface area contributed by atoms with Gasteiger partial charge < -0.3 is 15.7 Å². The average molecular weight is 260 g/mol. The zero-order chi connectivity index (χ0) is 14.0. The van der Waals surface area contributed by atoms with Gasteiger partial charge >= 0.3 is 0 Å². The number of anilines is 1. The lowest BCUT2D eigenvalue weighted by Gasteiger charge is -2.20. The summed E-state index contributed by atoms with van der Waals surface area (Å²) < 4.78 is 1.78. The van der Waals surface area contributed by atoms with E-state index >= 15 is 0 Å². The zero-order valence-electron chi connectivity index (χ0n) is 11.5. The zero-order valence-corrected chi connectivity index (χ0v) is 11.5. The van der Waals surface area contributed by atoms with Crippen molar-refractivity contribution in [2.24, 2.45) is 12.8 Å². The molecule has 19 heavy (non-hydrogen) atoms. The number of nitrogens with zero attached hydrogens (tertiary/aromatic N) is 3. The van der Waals surface area contributed by atoms with E-state index in [1.54, 1.807) is 10.7 Å². The first kappa shape index (κ1) is 13.4.